The summed E-state index contributed by atoms with van der Waals surface area (Å²) in [4.78, 5) is 3.23. The van der Waals surface area contributed by atoms with Gasteiger partial charge in [-0.15, -0.1) is 0 Å². The first-order valence-corrected chi connectivity index (χ1v) is 2.26. The normalized spacial score (nSPS) is 8.44. The van der Waals surface area contributed by atoms with E-state index in [-0.39, 0.29) is 5.69 Å². The van der Waals surface area contributed by atoms with Gasteiger partial charge in [0.1, 0.15) is 11.8 Å². The first-order valence-electron chi connectivity index (χ1n) is 2.26. The molecule has 0 aliphatic heterocycles. The molecule has 1 rings (SSSR count). The molecule has 0 spiro atoms. The van der Waals surface area contributed by atoms with E-state index >= 15 is 0 Å². The zero-order valence-corrected chi connectivity index (χ0v) is 4.43. The second-order valence-electron chi connectivity index (χ2n) is 1.39. The first-order chi connectivity index (χ1) is 4.33. The lowest BCUT2D eigenvalue weighted by Crippen LogP contribution is -1.84. The van der Waals surface area contributed by atoms with Crippen molar-refractivity contribution in [2.75, 3.05) is 0 Å². The van der Waals surface area contributed by atoms with Crippen LogP contribution in [0.25, 0.3) is 0 Å². The number of hydrogen-bond acceptors (Lipinski definition) is 2. The maximum Gasteiger partial charge on any atom is 0.214 e. The van der Waals surface area contributed by atoms with Crippen LogP contribution in [0.15, 0.2) is 12.1 Å². The van der Waals surface area contributed by atoms with Crippen molar-refractivity contribution in [3.05, 3.63) is 29.8 Å². The highest BCUT2D eigenvalue weighted by Gasteiger charge is 1.91. The SMILES string of the molecule is N#Cc1c[c]cc(F)n1. The fourth-order valence-corrected chi connectivity index (χ4v) is 0.426. The van der Waals surface area contributed by atoms with Crippen LogP contribution < -0.4 is 0 Å². The smallest absolute Gasteiger partial charge is 0.209 e. The molecule has 0 saturated heterocycles. The summed E-state index contributed by atoms with van der Waals surface area (Å²) >= 11 is 0. The first kappa shape index (κ1) is 5.70. The fourth-order valence-electron chi connectivity index (χ4n) is 0.426. The Labute approximate surface area is 51.6 Å². The summed E-state index contributed by atoms with van der Waals surface area (Å²) in [5.74, 6) is -0.672. The van der Waals surface area contributed by atoms with Gasteiger partial charge >= 0.3 is 0 Å². The van der Waals surface area contributed by atoms with Gasteiger partial charge in [-0.05, 0) is 12.1 Å². The van der Waals surface area contributed by atoms with Crippen LogP contribution in [-0.4, -0.2) is 4.98 Å². The quantitative estimate of drug-likeness (QED) is 0.478. The van der Waals surface area contributed by atoms with Crippen LogP contribution in [0.2, 0.25) is 0 Å². The summed E-state index contributed by atoms with van der Waals surface area (Å²) in [5, 5.41) is 8.16. The molecule has 1 aromatic heterocycles. The van der Waals surface area contributed by atoms with Crippen LogP contribution in [0.3, 0.4) is 0 Å². The van der Waals surface area contributed by atoms with Crippen LogP contribution >= 0.6 is 0 Å². The standard InChI is InChI=1S/C6H2FN2/c7-6-3-1-2-5(4-8)9-6/h2-3H. The summed E-state index contributed by atoms with van der Waals surface area (Å²) in [6, 6.07) is 6.50. The van der Waals surface area contributed by atoms with Crippen molar-refractivity contribution in [1.82, 2.24) is 4.98 Å². The highest BCUT2D eigenvalue weighted by atomic mass is 19.1. The largest absolute Gasteiger partial charge is 0.214 e. The summed E-state index contributed by atoms with van der Waals surface area (Å²) in [7, 11) is 0. The van der Waals surface area contributed by atoms with Crippen LogP contribution in [0.1, 0.15) is 5.69 Å². The highest BCUT2D eigenvalue weighted by molar-refractivity contribution is 5.17. The van der Waals surface area contributed by atoms with Crippen molar-refractivity contribution >= 4 is 0 Å². The summed E-state index contributed by atoms with van der Waals surface area (Å²) < 4.78 is 12.1. The van der Waals surface area contributed by atoms with Crippen molar-refractivity contribution in [2.24, 2.45) is 0 Å². The zero-order valence-electron chi connectivity index (χ0n) is 4.43. The van der Waals surface area contributed by atoms with Crippen molar-refractivity contribution < 1.29 is 4.39 Å². The van der Waals surface area contributed by atoms with Crippen molar-refractivity contribution in [3.63, 3.8) is 0 Å². The lowest BCUT2D eigenvalue weighted by atomic mass is 10.4. The number of rotatable bonds is 0. The maximum absolute atomic E-state index is 12.1. The Kier molecular flexibility index (Phi) is 1.41. The summed E-state index contributed by atoms with van der Waals surface area (Å²) in [6.45, 7) is 0. The Morgan fingerprint density at radius 1 is 1.67 bits per heavy atom. The van der Waals surface area contributed by atoms with Gasteiger partial charge in [-0.3, -0.25) is 0 Å². The highest BCUT2D eigenvalue weighted by Crippen LogP contribution is 1.93. The van der Waals surface area contributed by atoms with E-state index < -0.39 is 5.95 Å². The van der Waals surface area contributed by atoms with Crippen LogP contribution in [0.5, 0.6) is 0 Å². The van der Waals surface area contributed by atoms with Gasteiger partial charge in [0.25, 0.3) is 0 Å². The molecule has 2 nitrogen and oxygen atoms in total. The van der Waals surface area contributed by atoms with E-state index in [1.54, 1.807) is 6.07 Å². The lowest BCUT2D eigenvalue weighted by Gasteiger charge is -1.83. The van der Waals surface area contributed by atoms with E-state index in [1.807, 2.05) is 0 Å². The third-order valence-electron chi connectivity index (χ3n) is 0.764. The molecule has 0 fully saturated rings. The van der Waals surface area contributed by atoms with E-state index in [9.17, 15) is 4.39 Å². The van der Waals surface area contributed by atoms with Gasteiger partial charge in [0, 0.05) is 6.07 Å². The van der Waals surface area contributed by atoms with Crippen LogP contribution in [0.4, 0.5) is 4.39 Å². The van der Waals surface area contributed by atoms with E-state index in [4.69, 9.17) is 5.26 Å². The van der Waals surface area contributed by atoms with E-state index in [0.29, 0.717) is 0 Å². The van der Waals surface area contributed by atoms with Crippen LogP contribution in [-0.2, 0) is 0 Å². The monoisotopic (exact) mass is 121 g/mol. The van der Waals surface area contributed by atoms with Gasteiger partial charge in [0.15, 0.2) is 0 Å². The molecule has 0 aliphatic carbocycles. The number of nitriles is 1. The molecule has 0 bridgehead atoms. The number of nitrogens with zero attached hydrogens (tertiary/aromatic N) is 2. The van der Waals surface area contributed by atoms with Crippen molar-refractivity contribution in [2.45, 2.75) is 0 Å². The molecule has 9 heavy (non-hydrogen) atoms. The molecule has 1 heterocycles. The molecule has 1 radical (unpaired) electrons. The van der Waals surface area contributed by atoms with Crippen molar-refractivity contribution in [1.29, 1.82) is 5.26 Å². The predicted octanol–water partition coefficient (Wildman–Crippen LogP) is 0.893. The Bertz CT molecular complexity index is 251. The number of hydrogen-bond donors (Lipinski definition) is 0. The van der Waals surface area contributed by atoms with Gasteiger partial charge in [0.2, 0.25) is 5.95 Å². The second-order valence-corrected chi connectivity index (χ2v) is 1.39. The molecular formula is C6H2FN2. The summed E-state index contributed by atoms with van der Waals surface area (Å²) in [6.07, 6.45) is 0. The minimum Gasteiger partial charge on any atom is -0.209 e. The van der Waals surface area contributed by atoms with Gasteiger partial charge in [-0.25, -0.2) is 4.98 Å². The van der Waals surface area contributed by atoms with E-state index in [0.717, 1.165) is 6.07 Å². The zero-order chi connectivity index (χ0) is 6.69. The molecule has 3 heteroatoms. The van der Waals surface area contributed by atoms with Crippen LogP contribution in [0, 0.1) is 23.3 Å². The third kappa shape index (κ3) is 1.23. The topological polar surface area (TPSA) is 36.7 Å². The van der Waals surface area contributed by atoms with Gasteiger partial charge in [-0.1, -0.05) is 0 Å². The van der Waals surface area contributed by atoms with E-state index in [1.165, 1.54) is 6.07 Å². The Hall–Kier alpha value is -1.43. The number of aromatic nitrogens is 1. The van der Waals surface area contributed by atoms with Gasteiger partial charge < -0.3 is 0 Å². The molecule has 43 valence electrons. The second kappa shape index (κ2) is 2.23. The molecule has 0 aliphatic rings. The predicted molar refractivity (Wildman–Crippen MR) is 27.7 cm³/mol. The maximum atomic E-state index is 12.1. The Morgan fingerprint density at radius 2 is 2.44 bits per heavy atom. The molecule has 0 saturated carbocycles. The molecule has 0 amide bonds. The molecule has 0 aromatic carbocycles. The van der Waals surface area contributed by atoms with Crippen molar-refractivity contribution in [3.8, 4) is 6.07 Å². The average Bonchev–Trinajstić information content (AvgIpc) is 1.88. The Morgan fingerprint density at radius 3 is 2.89 bits per heavy atom. The number of halogens is 1. The van der Waals surface area contributed by atoms with Gasteiger partial charge in [0.05, 0.1) is 0 Å². The number of pyridine rings is 1. The Balaban J connectivity index is 3.12. The minimum absolute atomic E-state index is 0.0509. The summed E-state index contributed by atoms with van der Waals surface area (Å²) in [5.41, 5.74) is 0.0509. The van der Waals surface area contributed by atoms with E-state index in [2.05, 4.69) is 11.1 Å². The molecule has 0 N–H and O–H groups in total. The van der Waals surface area contributed by atoms with Gasteiger partial charge in [-0.2, -0.15) is 9.65 Å². The molecular weight excluding hydrogens is 119 g/mol. The molecule has 1 aromatic rings. The fraction of sp³-hybridized carbons (Fsp3) is 0. The minimum atomic E-state index is -0.672. The molecule has 0 unspecified atom stereocenters. The third-order valence-corrected chi connectivity index (χ3v) is 0.764. The average molecular weight is 121 g/mol. The lowest BCUT2D eigenvalue weighted by molar-refractivity contribution is 0.582. The molecule has 0 atom stereocenters.